The highest BCUT2D eigenvalue weighted by atomic mass is 16.4. The SMILES string of the molecule is CC(=O)Nc1c(CCC2CCCC2)c2c(=O)[nH]c(=O)[nH]c2oc1=O. The summed E-state index contributed by atoms with van der Waals surface area (Å²) in [6.45, 7) is 1.28. The lowest BCUT2D eigenvalue weighted by Gasteiger charge is -2.13. The molecular formula is C16H19N3O5. The van der Waals surface area contributed by atoms with Crippen molar-refractivity contribution in [3.8, 4) is 0 Å². The highest BCUT2D eigenvalue weighted by molar-refractivity contribution is 5.92. The van der Waals surface area contributed by atoms with Crippen molar-refractivity contribution in [2.45, 2.75) is 45.4 Å². The Morgan fingerprint density at radius 3 is 2.58 bits per heavy atom. The molecule has 0 radical (unpaired) electrons. The molecule has 0 aliphatic heterocycles. The minimum absolute atomic E-state index is 0.0226. The number of hydrogen-bond acceptors (Lipinski definition) is 5. The standard InChI is InChI=1S/C16H19N3O5/c1-8(20)17-12-10(7-6-9-4-2-3-5-9)11-13(21)18-16(23)19-14(11)24-15(12)22/h9H,2-7H2,1H3,(H,17,20)(H2,18,19,21,23). The second-order valence-electron chi connectivity index (χ2n) is 6.23. The van der Waals surface area contributed by atoms with Crippen LogP contribution in [-0.4, -0.2) is 15.9 Å². The Morgan fingerprint density at radius 1 is 1.21 bits per heavy atom. The first-order valence-electron chi connectivity index (χ1n) is 8.05. The van der Waals surface area contributed by atoms with Gasteiger partial charge in [-0.2, -0.15) is 0 Å². The molecule has 3 rings (SSSR count). The zero-order valence-electron chi connectivity index (χ0n) is 13.4. The lowest BCUT2D eigenvalue weighted by molar-refractivity contribution is -0.114. The van der Waals surface area contributed by atoms with E-state index in [-0.39, 0.29) is 16.8 Å². The number of anilines is 1. The second kappa shape index (κ2) is 6.46. The number of aromatic amines is 2. The van der Waals surface area contributed by atoms with Crippen molar-refractivity contribution >= 4 is 22.7 Å². The van der Waals surface area contributed by atoms with Gasteiger partial charge in [-0.3, -0.25) is 19.6 Å². The quantitative estimate of drug-likeness (QED) is 0.776. The van der Waals surface area contributed by atoms with Crippen LogP contribution in [0.3, 0.4) is 0 Å². The van der Waals surface area contributed by atoms with Crippen molar-refractivity contribution in [2.75, 3.05) is 5.32 Å². The molecule has 0 aromatic carbocycles. The zero-order valence-corrected chi connectivity index (χ0v) is 13.4. The van der Waals surface area contributed by atoms with Gasteiger partial charge in [0, 0.05) is 12.5 Å². The molecule has 0 atom stereocenters. The van der Waals surface area contributed by atoms with Crippen molar-refractivity contribution in [3.05, 3.63) is 36.8 Å². The molecule has 24 heavy (non-hydrogen) atoms. The molecule has 0 unspecified atom stereocenters. The van der Waals surface area contributed by atoms with Crippen LogP contribution in [0.4, 0.5) is 5.69 Å². The first-order chi connectivity index (χ1) is 11.5. The minimum atomic E-state index is -0.777. The second-order valence-corrected chi connectivity index (χ2v) is 6.23. The third-order valence-electron chi connectivity index (χ3n) is 4.49. The molecule has 128 valence electrons. The van der Waals surface area contributed by atoms with Crippen molar-refractivity contribution < 1.29 is 9.21 Å². The van der Waals surface area contributed by atoms with Gasteiger partial charge in [-0.25, -0.2) is 9.59 Å². The summed E-state index contributed by atoms with van der Waals surface area (Å²) in [6.07, 6.45) is 5.90. The van der Waals surface area contributed by atoms with E-state index in [9.17, 15) is 19.2 Å². The molecule has 8 heteroatoms. The number of nitrogens with one attached hydrogen (secondary N) is 3. The summed E-state index contributed by atoms with van der Waals surface area (Å²) in [5.41, 5.74) is -1.92. The van der Waals surface area contributed by atoms with Gasteiger partial charge in [-0.1, -0.05) is 25.7 Å². The van der Waals surface area contributed by atoms with E-state index in [1.165, 1.54) is 19.8 Å². The minimum Gasteiger partial charge on any atom is -0.404 e. The summed E-state index contributed by atoms with van der Waals surface area (Å²) >= 11 is 0. The number of carbonyl (C=O) groups is 1. The van der Waals surface area contributed by atoms with Gasteiger partial charge >= 0.3 is 11.3 Å². The van der Waals surface area contributed by atoms with Crippen LogP contribution in [0, 0.1) is 5.92 Å². The molecule has 8 nitrogen and oxygen atoms in total. The summed E-state index contributed by atoms with van der Waals surface area (Å²) in [6, 6.07) is 0. The Kier molecular flexibility index (Phi) is 4.37. The van der Waals surface area contributed by atoms with E-state index in [0.29, 0.717) is 17.9 Å². The zero-order chi connectivity index (χ0) is 17.3. The third kappa shape index (κ3) is 3.17. The predicted molar refractivity (Wildman–Crippen MR) is 88.3 cm³/mol. The fourth-order valence-electron chi connectivity index (χ4n) is 3.41. The number of H-pyrrole nitrogens is 2. The van der Waals surface area contributed by atoms with Gasteiger partial charge in [-0.15, -0.1) is 0 Å². The Balaban J connectivity index is 2.15. The van der Waals surface area contributed by atoms with Gasteiger partial charge in [0.2, 0.25) is 11.6 Å². The Hall–Kier alpha value is -2.64. The smallest absolute Gasteiger partial charge is 0.361 e. The first-order valence-corrected chi connectivity index (χ1v) is 8.05. The molecule has 2 aromatic rings. The molecule has 1 fully saturated rings. The van der Waals surface area contributed by atoms with Crippen LogP contribution in [0.2, 0.25) is 0 Å². The number of amides is 1. The fraction of sp³-hybridized carbons (Fsp3) is 0.500. The van der Waals surface area contributed by atoms with E-state index < -0.39 is 22.8 Å². The molecule has 0 bridgehead atoms. The Morgan fingerprint density at radius 2 is 1.92 bits per heavy atom. The van der Waals surface area contributed by atoms with Crippen molar-refractivity contribution in [1.29, 1.82) is 0 Å². The van der Waals surface area contributed by atoms with Crippen molar-refractivity contribution in [1.82, 2.24) is 9.97 Å². The Bertz CT molecular complexity index is 947. The predicted octanol–water partition coefficient (Wildman–Crippen LogP) is 1.25. The monoisotopic (exact) mass is 333 g/mol. The van der Waals surface area contributed by atoms with E-state index in [2.05, 4.69) is 15.3 Å². The molecule has 2 aromatic heterocycles. The number of carbonyl (C=O) groups excluding carboxylic acids is 1. The van der Waals surface area contributed by atoms with E-state index >= 15 is 0 Å². The topological polar surface area (TPSA) is 125 Å². The number of hydrogen-bond donors (Lipinski definition) is 3. The molecule has 1 aliphatic carbocycles. The maximum atomic E-state index is 12.2. The lowest BCUT2D eigenvalue weighted by atomic mass is 9.96. The molecule has 1 amide bonds. The van der Waals surface area contributed by atoms with Crippen LogP contribution in [0.1, 0.15) is 44.6 Å². The maximum absolute atomic E-state index is 12.2. The average molecular weight is 333 g/mol. The van der Waals surface area contributed by atoms with Crippen LogP contribution in [0.25, 0.3) is 11.1 Å². The third-order valence-corrected chi connectivity index (χ3v) is 4.49. The summed E-state index contributed by atoms with van der Waals surface area (Å²) in [7, 11) is 0. The van der Waals surface area contributed by atoms with Gasteiger partial charge in [0.25, 0.3) is 5.56 Å². The van der Waals surface area contributed by atoms with Gasteiger partial charge < -0.3 is 9.73 Å². The summed E-state index contributed by atoms with van der Waals surface area (Å²) in [4.78, 5) is 51.7. The van der Waals surface area contributed by atoms with Crippen LogP contribution in [-0.2, 0) is 11.2 Å². The van der Waals surface area contributed by atoms with E-state index in [1.807, 2.05) is 0 Å². The van der Waals surface area contributed by atoms with Gasteiger partial charge in [0.05, 0.1) is 0 Å². The van der Waals surface area contributed by atoms with E-state index in [1.54, 1.807) is 0 Å². The highest BCUT2D eigenvalue weighted by Gasteiger charge is 2.21. The number of aryl methyl sites for hydroxylation is 1. The summed E-state index contributed by atoms with van der Waals surface area (Å²) < 4.78 is 5.02. The molecule has 0 spiro atoms. The average Bonchev–Trinajstić information content (AvgIpc) is 2.99. The number of aromatic nitrogens is 2. The van der Waals surface area contributed by atoms with Crippen LogP contribution in [0.5, 0.6) is 0 Å². The molecule has 0 saturated heterocycles. The van der Waals surface area contributed by atoms with Crippen LogP contribution < -0.4 is 22.2 Å². The number of rotatable bonds is 4. The molecule has 2 heterocycles. The van der Waals surface area contributed by atoms with Gasteiger partial charge in [0.1, 0.15) is 11.1 Å². The molecule has 3 N–H and O–H groups in total. The largest absolute Gasteiger partial charge is 0.404 e. The molecule has 1 saturated carbocycles. The maximum Gasteiger partial charge on any atom is 0.361 e. The molecule has 1 aliphatic rings. The van der Waals surface area contributed by atoms with E-state index in [4.69, 9.17) is 4.42 Å². The highest BCUT2D eigenvalue weighted by Crippen LogP contribution is 2.30. The summed E-state index contributed by atoms with van der Waals surface area (Å²) in [5, 5.41) is 2.57. The van der Waals surface area contributed by atoms with E-state index in [0.717, 1.165) is 19.3 Å². The summed E-state index contributed by atoms with van der Waals surface area (Å²) in [5.74, 6) is 0.115. The van der Waals surface area contributed by atoms with Gasteiger partial charge in [0.15, 0.2) is 0 Å². The Labute approximate surface area is 136 Å². The van der Waals surface area contributed by atoms with Crippen LogP contribution >= 0.6 is 0 Å². The first kappa shape index (κ1) is 16.2. The van der Waals surface area contributed by atoms with Crippen molar-refractivity contribution in [2.24, 2.45) is 5.92 Å². The molecular weight excluding hydrogens is 314 g/mol. The van der Waals surface area contributed by atoms with Crippen molar-refractivity contribution in [3.63, 3.8) is 0 Å². The normalized spacial score (nSPS) is 15.0. The fourth-order valence-corrected chi connectivity index (χ4v) is 3.41. The van der Waals surface area contributed by atoms with Crippen LogP contribution in [0.15, 0.2) is 18.8 Å². The van der Waals surface area contributed by atoms with Gasteiger partial charge in [-0.05, 0) is 18.8 Å². The lowest BCUT2D eigenvalue weighted by Crippen LogP contribution is -2.26. The number of fused-ring (bicyclic) bond motifs is 1.